The van der Waals surface area contributed by atoms with E-state index in [1.165, 1.54) is 6.26 Å². The van der Waals surface area contributed by atoms with Crippen LogP contribution in [0.15, 0.2) is 41.4 Å². The molecule has 3 N–H and O–H groups in total. The Morgan fingerprint density at radius 2 is 2.33 bits per heavy atom. The molecule has 0 fully saturated rings. The van der Waals surface area contributed by atoms with Gasteiger partial charge >= 0.3 is 0 Å². The number of hydrogen-bond acceptors (Lipinski definition) is 4. The van der Waals surface area contributed by atoms with Gasteiger partial charge in [-0.25, -0.2) is 0 Å². The average molecular weight is 203 g/mol. The van der Waals surface area contributed by atoms with E-state index in [9.17, 15) is 4.79 Å². The van der Waals surface area contributed by atoms with E-state index in [2.05, 4.69) is 10.5 Å². The molecule has 0 radical (unpaired) electrons. The van der Waals surface area contributed by atoms with Crippen LogP contribution in [-0.2, 0) is 0 Å². The molecule has 0 unspecified atom stereocenters. The van der Waals surface area contributed by atoms with Gasteiger partial charge in [-0.2, -0.15) is 0 Å². The van der Waals surface area contributed by atoms with Gasteiger partial charge in [-0.3, -0.25) is 4.79 Å². The first-order valence-electron chi connectivity index (χ1n) is 4.33. The van der Waals surface area contributed by atoms with Gasteiger partial charge in [0, 0.05) is 12.4 Å². The van der Waals surface area contributed by atoms with Crippen molar-refractivity contribution in [2.45, 2.75) is 0 Å². The summed E-state index contributed by atoms with van der Waals surface area (Å²) < 4.78 is 4.73. The number of rotatable bonds is 2. The number of hydrogen-bond donors (Lipinski definition) is 2. The molecule has 0 atom stereocenters. The number of amides is 1. The summed E-state index contributed by atoms with van der Waals surface area (Å²) in [5.41, 5.74) is 6.70. The van der Waals surface area contributed by atoms with E-state index in [1.54, 1.807) is 18.5 Å². The molecule has 1 aromatic rings. The average Bonchev–Trinajstić information content (AvgIpc) is 2.55. The normalized spacial score (nSPS) is 14.3. The van der Waals surface area contributed by atoms with E-state index in [0.29, 0.717) is 5.56 Å². The van der Waals surface area contributed by atoms with Gasteiger partial charge in [0.1, 0.15) is 6.26 Å². The number of nitrogens with zero attached hydrogens (tertiary/aromatic N) is 1. The smallest absolute Gasteiger partial charge is 0.271 e. The van der Waals surface area contributed by atoms with Crippen LogP contribution >= 0.6 is 0 Å². The summed E-state index contributed by atoms with van der Waals surface area (Å²) in [4.78, 5) is 11.0. The Balaban J connectivity index is 2.44. The minimum absolute atomic E-state index is 0.140. The predicted molar refractivity (Wildman–Crippen MR) is 54.4 cm³/mol. The molecule has 0 aliphatic carbocycles. The maximum atomic E-state index is 11.0. The predicted octanol–water partition coefficient (Wildman–Crippen LogP) is 0.787. The van der Waals surface area contributed by atoms with Gasteiger partial charge < -0.3 is 15.6 Å². The molecule has 1 aromatic heterocycles. The molecule has 1 aliphatic rings. The standard InChI is InChI=1S/C10H9N3O2/c11-10(14)9-8(6-15-13-9)7-2-1-4-12-5-3-7/h1-6,12H,(H2,11,14). The van der Waals surface area contributed by atoms with E-state index in [1.807, 2.05) is 12.2 Å². The second-order valence-corrected chi connectivity index (χ2v) is 2.92. The summed E-state index contributed by atoms with van der Waals surface area (Å²) in [6, 6.07) is 0. The van der Waals surface area contributed by atoms with Crippen LogP contribution in [0.5, 0.6) is 0 Å². The van der Waals surface area contributed by atoms with Gasteiger partial charge in [-0.1, -0.05) is 11.2 Å². The van der Waals surface area contributed by atoms with Gasteiger partial charge in [0.15, 0.2) is 5.69 Å². The SMILES string of the molecule is NC(=O)c1nocc1C1=CC=CNC=C1. The molecule has 1 amide bonds. The summed E-state index contributed by atoms with van der Waals surface area (Å²) in [6.07, 6.45) is 10.4. The highest BCUT2D eigenvalue weighted by molar-refractivity contribution is 5.97. The largest absolute Gasteiger partial charge is 0.368 e. The zero-order chi connectivity index (χ0) is 10.7. The van der Waals surface area contributed by atoms with Crippen LogP contribution in [0, 0.1) is 0 Å². The van der Waals surface area contributed by atoms with Crippen molar-refractivity contribution in [3.8, 4) is 0 Å². The van der Waals surface area contributed by atoms with Crippen molar-refractivity contribution < 1.29 is 9.32 Å². The number of carbonyl (C=O) groups is 1. The first kappa shape index (κ1) is 9.26. The molecule has 0 bridgehead atoms. The van der Waals surface area contributed by atoms with Gasteiger partial charge in [-0.15, -0.1) is 0 Å². The van der Waals surface area contributed by atoms with Crippen molar-refractivity contribution in [2.24, 2.45) is 5.73 Å². The van der Waals surface area contributed by atoms with Gasteiger partial charge in [0.2, 0.25) is 0 Å². The lowest BCUT2D eigenvalue weighted by Crippen LogP contribution is -2.13. The first-order chi connectivity index (χ1) is 7.29. The van der Waals surface area contributed by atoms with Crippen LogP contribution in [0.4, 0.5) is 0 Å². The van der Waals surface area contributed by atoms with Gasteiger partial charge in [0.25, 0.3) is 5.91 Å². The monoisotopic (exact) mass is 203 g/mol. The van der Waals surface area contributed by atoms with Crippen molar-refractivity contribution >= 4 is 11.5 Å². The molecule has 0 saturated carbocycles. The highest BCUT2D eigenvalue weighted by atomic mass is 16.5. The number of allylic oxidation sites excluding steroid dienone is 4. The van der Waals surface area contributed by atoms with Crippen LogP contribution in [0.2, 0.25) is 0 Å². The Labute approximate surface area is 85.9 Å². The lowest BCUT2D eigenvalue weighted by atomic mass is 10.1. The van der Waals surface area contributed by atoms with Crippen LogP contribution in [0.25, 0.3) is 5.57 Å². The lowest BCUT2D eigenvalue weighted by molar-refractivity contribution is 0.0991. The minimum Gasteiger partial charge on any atom is -0.368 e. The third-order valence-electron chi connectivity index (χ3n) is 1.94. The molecule has 5 nitrogen and oxygen atoms in total. The molecule has 15 heavy (non-hydrogen) atoms. The molecule has 0 aromatic carbocycles. The fraction of sp³-hybridized carbons (Fsp3) is 0. The van der Waals surface area contributed by atoms with Gasteiger partial charge in [0.05, 0.1) is 5.56 Å². The van der Waals surface area contributed by atoms with Crippen molar-refractivity contribution in [3.05, 3.63) is 48.1 Å². The van der Waals surface area contributed by atoms with E-state index in [4.69, 9.17) is 10.3 Å². The topological polar surface area (TPSA) is 81.2 Å². The summed E-state index contributed by atoms with van der Waals surface area (Å²) in [5, 5.41) is 6.46. The number of primary amides is 1. The molecule has 5 heteroatoms. The molecule has 2 heterocycles. The van der Waals surface area contributed by atoms with Crippen LogP contribution in [0.3, 0.4) is 0 Å². The van der Waals surface area contributed by atoms with E-state index >= 15 is 0 Å². The molecular formula is C10H9N3O2. The van der Waals surface area contributed by atoms with Crippen LogP contribution in [-0.4, -0.2) is 11.1 Å². The second-order valence-electron chi connectivity index (χ2n) is 2.92. The number of nitrogens with two attached hydrogens (primary N) is 1. The molecule has 0 spiro atoms. The Hall–Kier alpha value is -2.30. The van der Waals surface area contributed by atoms with Crippen LogP contribution in [0.1, 0.15) is 16.1 Å². The Morgan fingerprint density at radius 3 is 3.13 bits per heavy atom. The summed E-state index contributed by atoms with van der Waals surface area (Å²) in [6.45, 7) is 0. The van der Waals surface area contributed by atoms with Gasteiger partial charge in [-0.05, 0) is 17.7 Å². The Kier molecular flexibility index (Phi) is 2.37. The molecule has 1 aliphatic heterocycles. The Morgan fingerprint density at radius 1 is 1.47 bits per heavy atom. The highest BCUT2D eigenvalue weighted by Crippen LogP contribution is 2.20. The highest BCUT2D eigenvalue weighted by Gasteiger charge is 2.15. The molecular weight excluding hydrogens is 194 g/mol. The molecule has 76 valence electrons. The summed E-state index contributed by atoms with van der Waals surface area (Å²) >= 11 is 0. The minimum atomic E-state index is -0.603. The molecule has 0 saturated heterocycles. The summed E-state index contributed by atoms with van der Waals surface area (Å²) in [7, 11) is 0. The fourth-order valence-corrected chi connectivity index (χ4v) is 1.26. The fourth-order valence-electron chi connectivity index (χ4n) is 1.26. The molecule has 2 rings (SSSR count). The van der Waals surface area contributed by atoms with Crippen molar-refractivity contribution in [3.63, 3.8) is 0 Å². The van der Waals surface area contributed by atoms with E-state index in [0.717, 1.165) is 5.57 Å². The first-order valence-corrected chi connectivity index (χ1v) is 4.33. The second kappa shape index (κ2) is 3.83. The number of carbonyl (C=O) groups excluding carboxylic acids is 1. The maximum absolute atomic E-state index is 11.0. The third kappa shape index (κ3) is 1.80. The quantitative estimate of drug-likeness (QED) is 0.744. The zero-order valence-corrected chi connectivity index (χ0v) is 7.81. The maximum Gasteiger partial charge on any atom is 0.271 e. The summed E-state index contributed by atoms with van der Waals surface area (Å²) in [5.74, 6) is -0.603. The van der Waals surface area contributed by atoms with Crippen molar-refractivity contribution in [1.29, 1.82) is 0 Å². The van der Waals surface area contributed by atoms with E-state index < -0.39 is 5.91 Å². The van der Waals surface area contributed by atoms with Crippen LogP contribution < -0.4 is 11.1 Å². The van der Waals surface area contributed by atoms with Crippen molar-refractivity contribution in [2.75, 3.05) is 0 Å². The lowest BCUT2D eigenvalue weighted by Gasteiger charge is -1.96. The van der Waals surface area contributed by atoms with E-state index in [-0.39, 0.29) is 5.69 Å². The zero-order valence-electron chi connectivity index (χ0n) is 7.81. The Bertz CT molecular complexity index is 469. The third-order valence-corrected chi connectivity index (χ3v) is 1.94. The number of nitrogens with one attached hydrogen (secondary N) is 1. The number of aromatic nitrogens is 1. The van der Waals surface area contributed by atoms with Crippen molar-refractivity contribution in [1.82, 2.24) is 10.5 Å².